The Morgan fingerprint density at radius 1 is 1.04 bits per heavy atom. The van der Waals surface area contributed by atoms with E-state index in [0.29, 0.717) is 12.8 Å². The van der Waals surface area contributed by atoms with E-state index in [1.165, 1.54) is 7.11 Å². The number of benzene rings is 2. The molecule has 2 amide bonds. The quantitative estimate of drug-likeness (QED) is 0.778. The van der Waals surface area contributed by atoms with Crippen LogP contribution in [0.15, 0.2) is 60.7 Å². The minimum atomic E-state index is -0.773. The van der Waals surface area contributed by atoms with E-state index < -0.39 is 18.1 Å². The second kappa shape index (κ2) is 8.84. The predicted octanol–water partition coefficient (Wildman–Crippen LogP) is 1.98. The molecule has 0 aliphatic heterocycles. The summed E-state index contributed by atoms with van der Waals surface area (Å²) >= 11 is 0. The highest BCUT2D eigenvalue weighted by Crippen LogP contribution is 2.17. The van der Waals surface area contributed by atoms with Gasteiger partial charge < -0.3 is 15.8 Å². The van der Waals surface area contributed by atoms with Crippen LogP contribution < -0.4 is 11.1 Å². The number of hydrogen-bond donors (Lipinski definition) is 2. The maximum Gasteiger partial charge on any atom is 0.254 e. The van der Waals surface area contributed by atoms with Crippen molar-refractivity contribution in [1.29, 1.82) is 0 Å². The topological polar surface area (TPSA) is 81.4 Å². The van der Waals surface area contributed by atoms with E-state index in [2.05, 4.69) is 5.32 Å². The summed E-state index contributed by atoms with van der Waals surface area (Å²) in [6.07, 6.45) is 0.318. The molecular weight excluding hydrogens is 304 g/mol. The molecule has 0 aliphatic carbocycles. The van der Waals surface area contributed by atoms with E-state index >= 15 is 0 Å². The minimum Gasteiger partial charge on any atom is -0.368 e. The number of nitrogens with two attached hydrogens (primary N) is 1. The molecule has 5 heteroatoms. The van der Waals surface area contributed by atoms with Crippen molar-refractivity contribution < 1.29 is 14.3 Å². The molecule has 0 radical (unpaired) electrons. The first-order valence-corrected chi connectivity index (χ1v) is 7.83. The number of ether oxygens (including phenoxy) is 1. The Hall–Kier alpha value is -2.66. The van der Waals surface area contributed by atoms with Crippen LogP contribution in [0.3, 0.4) is 0 Å². The standard InChI is InChI=1S/C19H22N2O3/c1-24-17(15-10-6-3-7-11-15)19(23)21-16(18(20)22)13-12-14-8-4-2-5-9-14/h2-11,16-17H,12-13H2,1H3,(H2,20,22)(H,21,23)/t16-,17-/m1/s1. The monoisotopic (exact) mass is 326 g/mol. The number of aryl methyl sites for hydroxylation is 1. The number of methoxy groups -OCH3 is 1. The minimum absolute atomic E-state index is 0.374. The Labute approximate surface area is 141 Å². The fourth-order valence-electron chi connectivity index (χ4n) is 2.51. The molecule has 0 aromatic heterocycles. The number of nitrogens with one attached hydrogen (secondary N) is 1. The fourth-order valence-corrected chi connectivity index (χ4v) is 2.51. The molecule has 2 aromatic carbocycles. The Balaban J connectivity index is 2.01. The SMILES string of the molecule is CO[C@@H](C(=O)N[C@H](CCc1ccccc1)C(N)=O)c1ccccc1. The molecule has 0 saturated heterocycles. The molecule has 2 atom stereocenters. The number of amides is 2. The van der Waals surface area contributed by atoms with Crippen molar-refractivity contribution in [2.24, 2.45) is 5.73 Å². The zero-order chi connectivity index (χ0) is 17.4. The van der Waals surface area contributed by atoms with Gasteiger partial charge in [-0.05, 0) is 24.0 Å². The van der Waals surface area contributed by atoms with E-state index in [1.54, 1.807) is 12.1 Å². The highest BCUT2D eigenvalue weighted by molar-refractivity contribution is 5.89. The molecule has 3 N–H and O–H groups in total. The first-order chi connectivity index (χ1) is 11.6. The number of primary amides is 1. The fraction of sp³-hybridized carbons (Fsp3) is 0.263. The van der Waals surface area contributed by atoms with Crippen molar-refractivity contribution in [3.63, 3.8) is 0 Å². The number of carbonyl (C=O) groups excluding carboxylic acids is 2. The smallest absolute Gasteiger partial charge is 0.254 e. The Morgan fingerprint density at radius 2 is 1.62 bits per heavy atom. The summed E-state index contributed by atoms with van der Waals surface area (Å²) in [6.45, 7) is 0. The third-order valence-electron chi connectivity index (χ3n) is 3.80. The summed E-state index contributed by atoms with van der Waals surface area (Å²) in [5, 5.41) is 2.70. The summed E-state index contributed by atoms with van der Waals surface area (Å²) in [7, 11) is 1.46. The van der Waals surface area contributed by atoms with Crippen LogP contribution in [0.4, 0.5) is 0 Å². The van der Waals surface area contributed by atoms with Gasteiger partial charge in [0, 0.05) is 7.11 Å². The lowest BCUT2D eigenvalue weighted by Gasteiger charge is -2.20. The molecule has 0 saturated carbocycles. The van der Waals surface area contributed by atoms with Crippen LogP contribution in [0.25, 0.3) is 0 Å². The number of rotatable bonds is 8. The summed E-state index contributed by atoms with van der Waals surface area (Å²) in [6, 6.07) is 18.1. The van der Waals surface area contributed by atoms with Gasteiger partial charge in [-0.15, -0.1) is 0 Å². The molecule has 5 nitrogen and oxygen atoms in total. The van der Waals surface area contributed by atoms with Crippen LogP contribution in [0.2, 0.25) is 0 Å². The number of hydrogen-bond acceptors (Lipinski definition) is 3. The van der Waals surface area contributed by atoms with Gasteiger partial charge >= 0.3 is 0 Å². The molecule has 126 valence electrons. The Kier molecular flexibility index (Phi) is 6.51. The van der Waals surface area contributed by atoms with Gasteiger partial charge in [0.1, 0.15) is 6.04 Å². The van der Waals surface area contributed by atoms with Crippen molar-refractivity contribution in [1.82, 2.24) is 5.32 Å². The van der Waals surface area contributed by atoms with Gasteiger partial charge in [-0.1, -0.05) is 60.7 Å². The lowest BCUT2D eigenvalue weighted by molar-refractivity contribution is -0.135. The van der Waals surface area contributed by atoms with Crippen molar-refractivity contribution in [3.05, 3.63) is 71.8 Å². The zero-order valence-corrected chi connectivity index (χ0v) is 13.6. The van der Waals surface area contributed by atoms with E-state index in [9.17, 15) is 9.59 Å². The maximum atomic E-state index is 12.5. The summed E-state index contributed by atoms with van der Waals surface area (Å²) in [5.74, 6) is -0.928. The van der Waals surface area contributed by atoms with Gasteiger partial charge in [0.25, 0.3) is 5.91 Å². The molecular formula is C19H22N2O3. The molecule has 24 heavy (non-hydrogen) atoms. The van der Waals surface area contributed by atoms with E-state index in [-0.39, 0.29) is 5.91 Å². The predicted molar refractivity (Wildman–Crippen MR) is 92.1 cm³/mol. The second-order valence-electron chi connectivity index (χ2n) is 5.51. The van der Waals surface area contributed by atoms with Crippen molar-refractivity contribution in [2.45, 2.75) is 25.0 Å². The molecule has 0 bridgehead atoms. The van der Waals surface area contributed by atoms with Crippen LogP contribution in [0.5, 0.6) is 0 Å². The second-order valence-corrected chi connectivity index (χ2v) is 5.51. The first kappa shape index (κ1) is 17.7. The summed E-state index contributed by atoms with van der Waals surface area (Å²) in [4.78, 5) is 24.1. The normalized spacial score (nSPS) is 13.0. The highest BCUT2D eigenvalue weighted by atomic mass is 16.5. The van der Waals surface area contributed by atoms with Gasteiger partial charge in [0.2, 0.25) is 5.91 Å². The van der Waals surface area contributed by atoms with Crippen LogP contribution in [0, 0.1) is 0 Å². The van der Waals surface area contributed by atoms with Gasteiger partial charge in [-0.2, -0.15) is 0 Å². The molecule has 0 spiro atoms. The van der Waals surface area contributed by atoms with Gasteiger partial charge in [0.15, 0.2) is 6.10 Å². The average molecular weight is 326 g/mol. The molecule has 0 aliphatic rings. The average Bonchev–Trinajstić information content (AvgIpc) is 2.61. The largest absolute Gasteiger partial charge is 0.368 e. The lowest BCUT2D eigenvalue weighted by Crippen LogP contribution is -2.46. The van der Waals surface area contributed by atoms with Crippen LogP contribution >= 0.6 is 0 Å². The third kappa shape index (κ3) is 4.93. The van der Waals surface area contributed by atoms with Gasteiger partial charge in [0.05, 0.1) is 0 Å². The molecule has 2 aromatic rings. The maximum absolute atomic E-state index is 12.5. The Bertz CT molecular complexity index is 659. The lowest BCUT2D eigenvalue weighted by atomic mass is 10.0. The van der Waals surface area contributed by atoms with Crippen LogP contribution in [0.1, 0.15) is 23.7 Å². The first-order valence-electron chi connectivity index (χ1n) is 7.83. The number of carbonyl (C=O) groups is 2. The van der Waals surface area contributed by atoms with E-state index in [0.717, 1.165) is 11.1 Å². The van der Waals surface area contributed by atoms with Crippen molar-refractivity contribution in [2.75, 3.05) is 7.11 Å². The van der Waals surface area contributed by atoms with Crippen molar-refractivity contribution >= 4 is 11.8 Å². The van der Waals surface area contributed by atoms with Gasteiger partial charge in [-0.3, -0.25) is 9.59 Å². The van der Waals surface area contributed by atoms with Crippen molar-refractivity contribution in [3.8, 4) is 0 Å². The van der Waals surface area contributed by atoms with E-state index in [4.69, 9.17) is 10.5 Å². The Morgan fingerprint density at radius 3 is 2.17 bits per heavy atom. The molecule has 0 heterocycles. The van der Waals surface area contributed by atoms with E-state index in [1.807, 2.05) is 48.5 Å². The molecule has 2 rings (SSSR count). The van der Waals surface area contributed by atoms with Crippen LogP contribution in [-0.4, -0.2) is 25.0 Å². The van der Waals surface area contributed by atoms with Gasteiger partial charge in [-0.25, -0.2) is 0 Å². The molecule has 0 fully saturated rings. The third-order valence-corrected chi connectivity index (χ3v) is 3.80. The highest BCUT2D eigenvalue weighted by Gasteiger charge is 2.25. The van der Waals surface area contributed by atoms with Crippen LogP contribution in [-0.2, 0) is 20.7 Å². The summed E-state index contributed by atoms with van der Waals surface area (Å²) in [5.41, 5.74) is 7.25. The zero-order valence-electron chi connectivity index (χ0n) is 13.6. The molecule has 0 unspecified atom stereocenters. The summed E-state index contributed by atoms with van der Waals surface area (Å²) < 4.78 is 5.28.